The van der Waals surface area contributed by atoms with Gasteiger partial charge in [-0.1, -0.05) is 25.1 Å². The molecule has 1 fully saturated rings. The summed E-state index contributed by atoms with van der Waals surface area (Å²) in [5, 5.41) is 4.26. The SMILES string of the molecule is CC1CCN(C(=O)c2cnn(-c3ccccc3)c2N)CC1. The minimum Gasteiger partial charge on any atom is -0.383 e. The second-order valence-electron chi connectivity index (χ2n) is 5.67. The monoisotopic (exact) mass is 284 g/mol. The van der Waals surface area contributed by atoms with Gasteiger partial charge in [0, 0.05) is 13.1 Å². The summed E-state index contributed by atoms with van der Waals surface area (Å²) < 4.78 is 1.61. The lowest BCUT2D eigenvalue weighted by atomic mass is 9.99. The molecule has 1 aromatic heterocycles. The maximum absolute atomic E-state index is 12.6. The van der Waals surface area contributed by atoms with Crippen LogP contribution in [0.2, 0.25) is 0 Å². The molecule has 5 nitrogen and oxygen atoms in total. The van der Waals surface area contributed by atoms with Crippen LogP contribution in [0.25, 0.3) is 5.69 Å². The smallest absolute Gasteiger partial charge is 0.259 e. The Balaban J connectivity index is 1.84. The maximum Gasteiger partial charge on any atom is 0.259 e. The third kappa shape index (κ3) is 2.63. The van der Waals surface area contributed by atoms with Gasteiger partial charge in [0.1, 0.15) is 11.4 Å². The van der Waals surface area contributed by atoms with Gasteiger partial charge in [0.15, 0.2) is 0 Å². The lowest BCUT2D eigenvalue weighted by Gasteiger charge is -2.30. The summed E-state index contributed by atoms with van der Waals surface area (Å²) in [4.78, 5) is 14.4. The molecule has 2 aromatic rings. The zero-order chi connectivity index (χ0) is 14.8. The van der Waals surface area contributed by atoms with Crippen LogP contribution in [0.3, 0.4) is 0 Å². The molecule has 21 heavy (non-hydrogen) atoms. The highest BCUT2D eigenvalue weighted by molar-refractivity contribution is 5.98. The van der Waals surface area contributed by atoms with Crippen LogP contribution in [-0.2, 0) is 0 Å². The van der Waals surface area contributed by atoms with Crippen molar-refractivity contribution in [2.24, 2.45) is 5.92 Å². The molecule has 2 heterocycles. The van der Waals surface area contributed by atoms with Gasteiger partial charge < -0.3 is 10.6 Å². The summed E-state index contributed by atoms with van der Waals surface area (Å²) in [6.07, 6.45) is 3.68. The van der Waals surface area contributed by atoms with Crippen LogP contribution in [-0.4, -0.2) is 33.7 Å². The molecule has 1 aliphatic rings. The van der Waals surface area contributed by atoms with E-state index in [1.54, 1.807) is 10.9 Å². The average molecular weight is 284 g/mol. The molecule has 1 saturated heterocycles. The van der Waals surface area contributed by atoms with E-state index >= 15 is 0 Å². The van der Waals surface area contributed by atoms with Crippen LogP contribution < -0.4 is 5.73 Å². The van der Waals surface area contributed by atoms with E-state index in [9.17, 15) is 4.79 Å². The van der Waals surface area contributed by atoms with E-state index in [1.807, 2.05) is 35.2 Å². The van der Waals surface area contributed by atoms with Crippen molar-refractivity contribution in [1.29, 1.82) is 0 Å². The number of likely N-dealkylation sites (tertiary alicyclic amines) is 1. The Morgan fingerprint density at radius 3 is 2.57 bits per heavy atom. The number of carbonyl (C=O) groups is 1. The number of hydrogen-bond donors (Lipinski definition) is 1. The molecule has 0 bridgehead atoms. The number of para-hydroxylation sites is 1. The minimum absolute atomic E-state index is 0.0124. The van der Waals surface area contributed by atoms with Gasteiger partial charge >= 0.3 is 0 Å². The molecule has 1 amide bonds. The Labute approximate surface area is 124 Å². The van der Waals surface area contributed by atoms with Crippen LogP contribution in [0, 0.1) is 5.92 Å². The van der Waals surface area contributed by atoms with Crippen LogP contribution in [0.4, 0.5) is 5.82 Å². The number of aromatic nitrogens is 2. The van der Waals surface area contributed by atoms with Crippen molar-refractivity contribution in [2.75, 3.05) is 18.8 Å². The van der Waals surface area contributed by atoms with Crippen molar-refractivity contribution in [2.45, 2.75) is 19.8 Å². The predicted octanol–water partition coefficient (Wildman–Crippen LogP) is 2.33. The number of hydrogen-bond acceptors (Lipinski definition) is 3. The average Bonchev–Trinajstić information content (AvgIpc) is 2.90. The van der Waals surface area contributed by atoms with Gasteiger partial charge in [0.25, 0.3) is 5.91 Å². The van der Waals surface area contributed by atoms with Crippen molar-refractivity contribution in [3.05, 3.63) is 42.1 Å². The fraction of sp³-hybridized carbons (Fsp3) is 0.375. The fourth-order valence-corrected chi connectivity index (χ4v) is 2.68. The zero-order valence-corrected chi connectivity index (χ0v) is 12.2. The van der Waals surface area contributed by atoms with Crippen molar-refractivity contribution < 1.29 is 4.79 Å². The predicted molar refractivity (Wildman–Crippen MR) is 82.3 cm³/mol. The van der Waals surface area contributed by atoms with E-state index in [2.05, 4.69) is 12.0 Å². The second kappa shape index (κ2) is 5.60. The quantitative estimate of drug-likeness (QED) is 0.920. The van der Waals surface area contributed by atoms with Crippen molar-refractivity contribution >= 4 is 11.7 Å². The second-order valence-corrected chi connectivity index (χ2v) is 5.67. The molecule has 3 rings (SSSR count). The summed E-state index contributed by atoms with van der Waals surface area (Å²) in [6.45, 7) is 3.83. The number of amides is 1. The molecule has 0 atom stereocenters. The summed E-state index contributed by atoms with van der Waals surface area (Å²) in [6, 6.07) is 9.61. The number of nitrogen functional groups attached to an aromatic ring is 1. The number of rotatable bonds is 2. The number of piperidine rings is 1. The van der Waals surface area contributed by atoms with E-state index in [0.29, 0.717) is 17.3 Å². The maximum atomic E-state index is 12.6. The molecule has 0 saturated carbocycles. The highest BCUT2D eigenvalue weighted by atomic mass is 16.2. The fourth-order valence-electron chi connectivity index (χ4n) is 2.68. The normalized spacial score (nSPS) is 16.1. The van der Waals surface area contributed by atoms with E-state index in [4.69, 9.17) is 5.73 Å². The number of nitrogens with zero attached hydrogens (tertiary/aromatic N) is 3. The lowest BCUT2D eigenvalue weighted by molar-refractivity contribution is 0.0698. The van der Waals surface area contributed by atoms with Gasteiger partial charge in [-0.3, -0.25) is 4.79 Å². The van der Waals surface area contributed by atoms with Crippen LogP contribution >= 0.6 is 0 Å². The Hall–Kier alpha value is -2.30. The van der Waals surface area contributed by atoms with Gasteiger partial charge in [-0.15, -0.1) is 0 Å². The summed E-state index contributed by atoms with van der Waals surface area (Å²) in [5.74, 6) is 1.09. The van der Waals surface area contributed by atoms with E-state index in [0.717, 1.165) is 31.6 Å². The van der Waals surface area contributed by atoms with E-state index in [-0.39, 0.29) is 5.91 Å². The third-order valence-corrected chi connectivity index (χ3v) is 4.11. The van der Waals surface area contributed by atoms with Crippen LogP contribution in [0.5, 0.6) is 0 Å². The van der Waals surface area contributed by atoms with Gasteiger partial charge in [-0.2, -0.15) is 5.10 Å². The summed E-state index contributed by atoms with van der Waals surface area (Å²) >= 11 is 0. The first-order valence-electron chi connectivity index (χ1n) is 7.35. The molecule has 1 aliphatic heterocycles. The first kappa shape index (κ1) is 13.7. The highest BCUT2D eigenvalue weighted by Crippen LogP contribution is 2.22. The molecule has 0 spiro atoms. The molecular formula is C16H20N4O. The molecule has 0 aliphatic carbocycles. The first-order chi connectivity index (χ1) is 10.2. The number of benzene rings is 1. The molecule has 2 N–H and O–H groups in total. The first-order valence-corrected chi connectivity index (χ1v) is 7.35. The largest absolute Gasteiger partial charge is 0.383 e. The molecule has 5 heteroatoms. The summed E-state index contributed by atoms with van der Waals surface area (Å²) in [7, 11) is 0. The molecule has 0 radical (unpaired) electrons. The topological polar surface area (TPSA) is 64.2 Å². The number of anilines is 1. The third-order valence-electron chi connectivity index (χ3n) is 4.11. The van der Waals surface area contributed by atoms with Crippen molar-refractivity contribution in [3.8, 4) is 5.69 Å². The Morgan fingerprint density at radius 2 is 1.90 bits per heavy atom. The van der Waals surface area contributed by atoms with Gasteiger partial charge in [-0.25, -0.2) is 4.68 Å². The Kier molecular flexibility index (Phi) is 3.64. The van der Waals surface area contributed by atoms with Crippen LogP contribution in [0.15, 0.2) is 36.5 Å². The summed E-state index contributed by atoms with van der Waals surface area (Å²) in [5.41, 5.74) is 7.48. The standard InChI is InChI=1S/C16H20N4O/c1-12-7-9-19(10-8-12)16(21)14-11-18-20(15(14)17)13-5-3-2-4-6-13/h2-6,11-12H,7-10,17H2,1H3. The Morgan fingerprint density at radius 1 is 1.24 bits per heavy atom. The van der Waals surface area contributed by atoms with Gasteiger partial charge in [0.05, 0.1) is 11.9 Å². The number of carbonyl (C=O) groups excluding carboxylic acids is 1. The molecule has 1 aromatic carbocycles. The van der Waals surface area contributed by atoms with Crippen molar-refractivity contribution in [3.63, 3.8) is 0 Å². The minimum atomic E-state index is -0.0124. The van der Waals surface area contributed by atoms with Gasteiger partial charge in [0.2, 0.25) is 0 Å². The molecule has 110 valence electrons. The highest BCUT2D eigenvalue weighted by Gasteiger charge is 2.25. The Bertz CT molecular complexity index is 627. The zero-order valence-electron chi connectivity index (χ0n) is 12.2. The van der Waals surface area contributed by atoms with Gasteiger partial charge in [-0.05, 0) is 30.9 Å². The molecular weight excluding hydrogens is 264 g/mol. The lowest BCUT2D eigenvalue weighted by Crippen LogP contribution is -2.38. The number of nitrogens with two attached hydrogens (primary N) is 1. The van der Waals surface area contributed by atoms with E-state index in [1.165, 1.54) is 0 Å². The van der Waals surface area contributed by atoms with Crippen LogP contribution in [0.1, 0.15) is 30.1 Å². The van der Waals surface area contributed by atoms with E-state index < -0.39 is 0 Å². The van der Waals surface area contributed by atoms with Crippen molar-refractivity contribution in [1.82, 2.24) is 14.7 Å². The molecule has 0 unspecified atom stereocenters.